The largest absolute Gasteiger partial charge is 0.479 e. The smallest absolute Gasteiger partial charge is 0.329 e. The molecule has 0 saturated carbocycles. The van der Waals surface area contributed by atoms with Gasteiger partial charge >= 0.3 is 12.0 Å². The van der Waals surface area contributed by atoms with E-state index in [2.05, 4.69) is 5.32 Å². The monoisotopic (exact) mass is 271 g/mol. The fourth-order valence-electron chi connectivity index (χ4n) is 2.31. The van der Waals surface area contributed by atoms with Crippen LogP contribution in [0.5, 0.6) is 0 Å². The molecule has 0 aromatic rings. The molecular formula is C12H21N3O4. The molecule has 0 aromatic heterocycles. The van der Waals surface area contributed by atoms with Crippen molar-refractivity contribution in [2.24, 2.45) is 5.73 Å². The minimum absolute atomic E-state index is 0.326. The summed E-state index contributed by atoms with van der Waals surface area (Å²) in [5.41, 5.74) is 2.80. The van der Waals surface area contributed by atoms with Crippen LogP contribution in [-0.2, 0) is 9.59 Å². The van der Waals surface area contributed by atoms with E-state index in [1.54, 1.807) is 6.92 Å². The lowest BCUT2D eigenvalue weighted by atomic mass is 9.93. The Hall–Kier alpha value is -1.79. The van der Waals surface area contributed by atoms with E-state index in [9.17, 15) is 19.5 Å². The number of amides is 3. The summed E-state index contributed by atoms with van der Waals surface area (Å²) in [4.78, 5) is 36.1. The van der Waals surface area contributed by atoms with Gasteiger partial charge in [0.15, 0.2) is 0 Å². The van der Waals surface area contributed by atoms with Crippen LogP contribution in [0.15, 0.2) is 0 Å². The molecule has 108 valence electrons. The van der Waals surface area contributed by atoms with Gasteiger partial charge in [0.2, 0.25) is 5.91 Å². The topological polar surface area (TPSA) is 113 Å². The number of primary amides is 1. The maximum absolute atomic E-state index is 12.2. The fraction of sp³-hybridized carbons (Fsp3) is 0.750. The summed E-state index contributed by atoms with van der Waals surface area (Å²) in [6, 6.07) is -0.564. The number of nitrogens with one attached hydrogen (secondary N) is 1. The third kappa shape index (κ3) is 2.64. The Labute approximate surface area is 112 Å². The molecule has 1 aliphatic heterocycles. The summed E-state index contributed by atoms with van der Waals surface area (Å²) in [5, 5.41) is 11.9. The van der Waals surface area contributed by atoms with E-state index in [4.69, 9.17) is 5.73 Å². The number of aliphatic carboxylic acids is 1. The summed E-state index contributed by atoms with van der Waals surface area (Å²) in [6.07, 6.45) is 1.38. The Bertz CT molecular complexity index is 408. The first kappa shape index (κ1) is 15.3. The second-order valence-electron chi connectivity index (χ2n) is 5.36. The molecule has 1 saturated heterocycles. The Morgan fingerprint density at radius 1 is 1.42 bits per heavy atom. The van der Waals surface area contributed by atoms with Crippen LogP contribution < -0.4 is 11.1 Å². The lowest BCUT2D eigenvalue weighted by Gasteiger charge is -2.36. The van der Waals surface area contributed by atoms with Crippen LogP contribution in [0.1, 0.15) is 40.0 Å². The molecule has 0 aromatic carbocycles. The molecule has 1 atom stereocenters. The number of hydrogen-bond donors (Lipinski definition) is 3. The number of hydrogen-bond acceptors (Lipinski definition) is 3. The highest BCUT2D eigenvalue weighted by atomic mass is 16.4. The van der Waals surface area contributed by atoms with Crippen LogP contribution in [-0.4, -0.2) is 45.5 Å². The van der Waals surface area contributed by atoms with E-state index in [-0.39, 0.29) is 0 Å². The van der Waals surface area contributed by atoms with Gasteiger partial charge in [-0.25, -0.2) is 9.59 Å². The molecule has 0 bridgehead atoms. The van der Waals surface area contributed by atoms with E-state index >= 15 is 0 Å². The molecular weight excluding hydrogens is 250 g/mol. The van der Waals surface area contributed by atoms with Gasteiger partial charge in [-0.15, -0.1) is 0 Å². The number of carbonyl (C=O) groups excluding carboxylic acids is 2. The standard InChI is InChI=1S/C12H21N3O4/c1-4-12(9(17)18)6-5-7-15(12)10(19)14-11(2,3)8(13)16/h4-7H2,1-3H3,(H2,13,16)(H,14,19)(H,17,18). The molecule has 3 amide bonds. The molecule has 1 rings (SSSR count). The van der Waals surface area contributed by atoms with Crippen molar-refractivity contribution in [2.75, 3.05) is 6.54 Å². The van der Waals surface area contributed by atoms with Crippen molar-refractivity contribution in [3.05, 3.63) is 0 Å². The summed E-state index contributed by atoms with van der Waals surface area (Å²) < 4.78 is 0. The normalized spacial score (nSPS) is 23.2. The minimum Gasteiger partial charge on any atom is -0.479 e. The maximum Gasteiger partial charge on any atom is 0.329 e. The number of nitrogens with zero attached hydrogens (tertiary/aromatic N) is 1. The Balaban J connectivity index is 2.93. The van der Waals surface area contributed by atoms with Gasteiger partial charge in [0.05, 0.1) is 0 Å². The molecule has 1 aliphatic rings. The molecule has 0 radical (unpaired) electrons. The quantitative estimate of drug-likeness (QED) is 0.682. The number of carboxylic acids is 1. The van der Waals surface area contributed by atoms with Gasteiger partial charge in [-0.2, -0.15) is 0 Å². The zero-order chi connectivity index (χ0) is 14.8. The molecule has 1 heterocycles. The number of likely N-dealkylation sites (tertiary alicyclic amines) is 1. The number of nitrogens with two attached hydrogens (primary N) is 1. The van der Waals surface area contributed by atoms with Gasteiger partial charge in [-0.05, 0) is 33.1 Å². The predicted molar refractivity (Wildman–Crippen MR) is 68.4 cm³/mol. The van der Waals surface area contributed by atoms with Crippen LogP contribution in [0, 0.1) is 0 Å². The first-order chi connectivity index (χ1) is 8.67. The summed E-state index contributed by atoms with van der Waals surface area (Å²) >= 11 is 0. The molecule has 1 fully saturated rings. The first-order valence-electron chi connectivity index (χ1n) is 6.30. The van der Waals surface area contributed by atoms with Crippen LogP contribution in [0.25, 0.3) is 0 Å². The van der Waals surface area contributed by atoms with Crippen molar-refractivity contribution in [2.45, 2.75) is 51.1 Å². The third-order valence-corrected chi connectivity index (χ3v) is 3.75. The zero-order valence-electron chi connectivity index (χ0n) is 11.5. The molecule has 1 unspecified atom stereocenters. The Morgan fingerprint density at radius 3 is 2.42 bits per heavy atom. The highest BCUT2D eigenvalue weighted by Crippen LogP contribution is 2.33. The molecule has 0 spiro atoms. The second kappa shape index (κ2) is 5.07. The van der Waals surface area contributed by atoms with Gasteiger partial charge in [-0.3, -0.25) is 4.79 Å². The van der Waals surface area contributed by atoms with E-state index in [0.29, 0.717) is 25.8 Å². The van der Waals surface area contributed by atoms with Crippen molar-refractivity contribution in [1.29, 1.82) is 0 Å². The van der Waals surface area contributed by atoms with Crippen molar-refractivity contribution in [3.63, 3.8) is 0 Å². The average Bonchev–Trinajstić information content (AvgIpc) is 2.72. The molecule has 0 aliphatic carbocycles. The van der Waals surface area contributed by atoms with Crippen LogP contribution in [0.2, 0.25) is 0 Å². The van der Waals surface area contributed by atoms with Gasteiger partial charge < -0.3 is 21.1 Å². The summed E-state index contributed by atoms with van der Waals surface area (Å²) in [7, 11) is 0. The predicted octanol–water partition coefficient (Wildman–Crippen LogP) is 0.289. The lowest BCUT2D eigenvalue weighted by Crippen LogP contribution is -2.61. The Kier molecular flexibility index (Phi) is 4.07. The summed E-state index contributed by atoms with van der Waals surface area (Å²) in [5.74, 6) is -1.68. The van der Waals surface area contributed by atoms with Gasteiger partial charge in [0.1, 0.15) is 11.1 Å². The van der Waals surface area contributed by atoms with Crippen molar-refractivity contribution in [1.82, 2.24) is 10.2 Å². The molecule has 4 N–H and O–H groups in total. The lowest BCUT2D eigenvalue weighted by molar-refractivity contribution is -0.148. The number of carboxylic acid groups (broad SMARTS) is 1. The molecule has 19 heavy (non-hydrogen) atoms. The zero-order valence-corrected chi connectivity index (χ0v) is 11.5. The third-order valence-electron chi connectivity index (χ3n) is 3.75. The summed E-state index contributed by atoms with van der Waals surface area (Å²) in [6.45, 7) is 5.06. The minimum atomic E-state index is -1.21. The van der Waals surface area contributed by atoms with Crippen molar-refractivity contribution < 1.29 is 19.5 Å². The van der Waals surface area contributed by atoms with Gasteiger partial charge in [-0.1, -0.05) is 6.92 Å². The van der Waals surface area contributed by atoms with E-state index in [0.717, 1.165) is 0 Å². The number of rotatable bonds is 4. The van der Waals surface area contributed by atoms with Gasteiger partial charge in [0.25, 0.3) is 0 Å². The van der Waals surface area contributed by atoms with Crippen LogP contribution >= 0.6 is 0 Å². The SMILES string of the molecule is CCC1(C(=O)O)CCCN1C(=O)NC(C)(C)C(N)=O. The average molecular weight is 271 g/mol. The van der Waals surface area contributed by atoms with Gasteiger partial charge in [0, 0.05) is 6.54 Å². The van der Waals surface area contributed by atoms with E-state index in [1.165, 1.54) is 18.7 Å². The van der Waals surface area contributed by atoms with Crippen LogP contribution in [0.4, 0.5) is 4.79 Å². The van der Waals surface area contributed by atoms with Crippen LogP contribution in [0.3, 0.4) is 0 Å². The molecule has 7 nitrogen and oxygen atoms in total. The van der Waals surface area contributed by atoms with Crippen molar-refractivity contribution in [3.8, 4) is 0 Å². The first-order valence-corrected chi connectivity index (χ1v) is 6.30. The fourth-order valence-corrected chi connectivity index (χ4v) is 2.31. The highest BCUT2D eigenvalue weighted by Gasteiger charge is 2.49. The Morgan fingerprint density at radius 2 is 2.00 bits per heavy atom. The number of urea groups is 1. The molecule has 7 heteroatoms. The highest BCUT2D eigenvalue weighted by molar-refractivity contribution is 5.92. The number of carbonyl (C=O) groups is 3. The van der Waals surface area contributed by atoms with Crippen molar-refractivity contribution >= 4 is 17.9 Å². The maximum atomic E-state index is 12.2. The van der Waals surface area contributed by atoms with E-state index in [1.807, 2.05) is 0 Å². The van der Waals surface area contributed by atoms with E-state index < -0.39 is 29.0 Å². The second-order valence-corrected chi connectivity index (χ2v) is 5.36.